The summed E-state index contributed by atoms with van der Waals surface area (Å²) in [5, 5.41) is 11.9. The van der Waals surface area contributed by atoms with Gasteiger partial charge in [0.25, 0.3) is 0 Å². The molecular formula is C16H21N3O4. The molecule has 2 amide bonds. The second kappa shape index (κ2) is 7.71. The van der Waals surface area contributed by atoms with E-state index in [1.54, 1.807) is 19.4 Å². The lowest BCUT2D eigenvalue weighted by Gasteiger charge is -2.36. The Morgan fingerprint density at radius 1 is 1.30 bits per heavy atom. The molecule has 1 aliphatic rings. The second-order valence-electron chi connectivity index (χ2n) is 5.64. The minimum atomic E-state index is -1.02. The van der Waals surface area contributed by atoms with Crippen LogP contribution in [-0.2, 0) is 20.8 Å². The Morgan fingerprint density at radius 3 is 2.61 bits per heavy atom. The van der Waals surface area contributed by atoms with Crippen LogP contribution in [0.4, 0.5) is 0 Å². The van der Waals surface area contributed by atoms with Crippen molar-refractivity contribution in [3.05, 3.63) is 30.1 Å². The highest BCUT2D eigenvalue weighted by molar-refractivity contribution is 5.86. The van der Waals surface area contributed by atoms with E-state index in [-0.39, 0.29) is 30.7 Å². The number of pyridine rings is 1. The number of carbonyl (C=O) groups excluding carboxylic acids is 2. The number of carboxylic acid groups (broad SMARTS) is 1. The van der Waals surface area contributed by atoms with Crippen molar-refractivity contribution in [1.82, 2.24) is 15.2 Å². The fourth-order valence-electron chi connectivity index (χ4n) is 2.87. The number of amides is 2. The fraction of sp³-hybridized carbons (Fsp3) is 0.500. The lowest BCUT2D eigenvalue weighted by atomic mass is 9.91. The highest BCUT2D eigenvalue weighted by atomic mass is 16.4. The Hall–Kier alpha value is -2.44. The van der Waals surface area contributed by atoms with Gasteiger partial charge in [-0.1, -0.05) is 0 Å². The van der Waals surface area contributed by atoms with Gasteiger partial charge in [0, 0.05) is 32.4 Å². The number of nitrogens with one attached hydrogen (secondary N) is 1. The summed E-state index contributed by atoms with van der Waals surface area (Å²) in [5.41, 5.74) is 0.972. The number of rotatable bonds is 5. The molecule has 1 aromatic rings. The van der Waals surface area contributed by atoms with Crippen LogP contribution in [0.3, 0.4) is 0 Å². The molecule has 0 saturated carbocycles. The van der Waals surface area contributed by atoms with Crippen molar-refractivity contribution in [2.75, 3.05) is 13.6 Å². The van der Waals surface area contributed by atoms with Gasteiger partial charge in [-0.2, -0.15) is 0 Å². The maximum Gasteiger partial charge on any atom is 0.326 e. The van der Waals surface area contributed by atoms with Crippen molar-refractivity contribution in [2.45, 2.75) is 31.7 Å². The Balaban J connectivity index is 2.03. The van der Waals surface area contributed by atoms with Crippen molar-refractivity contribution >= 4 is 17.8 Å². The third kappa shape index (κ3) is 4.28. The van der Waals surface area contributed by atoms with Crippen LogP contribution in [0.2, 0.25) is 0 Å². The quantitative estimate of drug-likeness (QED) is 0.821. The average molecular weight is 319 g/mol. The third-order valence-electron chi connectivity index (χ3n) is 4.18. The minimum Gasteiger partial charge on any atom is -0.480 e. The SMILES string of the molecule is CNC(=O)[C@H]1CC[C@@H](C(=O)O)N(C(=O)CCc2ccncc2)C1. The normalized spacial score (nSPS) is 20.8. The van der Waals surface area contributed by atoms with E-state index in [4.69, 9.17) is 0 Å². The van der Waals surface area contributed by atoms with Gasteiger partial charge in [0.1, 0.15) is 6.04 Å². The standard InChI is InChI=1S/C16H21N3O4/c1-17-15(21)12-3-4-13(16(22)23)19(10-12)14(20)5-2-11-6-8-18-9-7-11/h6-9,12-13H,2-5,10H2,1H3,(H,17,21)(H,22,23)/t12-,13-/m0/s1. The molecular weight excluding hydrogens is 298 g/mol. The van der Waals surface area contributed by atoms with Gasteiger partial charge in [-0.25, -0.2) is 4.79 Å². The van der Waals surface area contributed by atoms with E-state index in [1.165, 1.54) is 4.90 Å². The first-order valence-electron chi connectivity index (χ1n) is 7.65. The summed E-state index contributed by atoms with van der Waals surface area (Å²) in [5.74, 6) is -1.75. The summed E-state index contributed by atoms with van der Waals surface area (Å²) >= 11 is 0. The molecule has 1 saturated heterocycles. The first-order chi connectivity index (χ1) is 11.0. The Labute approximate surface area is 134 Å². The summed E-state index contributed by atoms with van der Waals surface area (Å²) in [6.07, 6.45) is 4.83. The summed E-state index contributed by atoms with van der Waals surface area (Å²) in [4.78, 5) is 40.9. The largest absolute Gasteiger partial charge is 0.480 e. The van der Waals surface area contributed by atoms with Gasteiger partial charge in [-0.15, -0.1) is 0 Å². The molecule has 0 unspecified atom stereocenters. The van der Waals surface area contributed by atoms with E-state index in [0.717, 1.165) is 5.56 Å². The lowest BCUT2D eigenvalue weighted by molar-refractivity contribution is -0.154. The van der Waals surface area contributed by atoms with Gasteiger partial charge in [0.2, 0.25) is 11.8 Å². The van der Waals surface area contributed by atoms with Crippen molar-refractivity contribution in [3.63, 3.8) is 0 Å². The molecule has 1 aliphatic heterocycles. The summed E-state index contributed by atoms with van der Waals surface area (Å²) < 4.78 is 0. The second-order valence-corrected chi connectivity index (χ2v) is 5.64. The number of nitrogens with zero attached hydrogens (tertiary/aromatic N) is 2. The highest BCUT2D eigenvalue weighted by Gasteiger charge is 2.37. The summed E-state index contributed by atoms with van der Waals surface area (Å²) in [7, 11) is 1.54. The van der Waals surface area contributed by atoms with E-state index in [9.17, 15) is 19.5 Å². The molecule has 0 aromatic carbocycles. The molecule has 2 rings (SSSR count). The smallest absolute Gasteiger partial charge is 0.326 e. The Kier molecular flexibility index (Phi) is 5.67. The molecule has 0 radical (unpaired) electrons. The number of carbonyl (C=O) groups is 3. The molecule has 0 bridgehead atoms. The zero-order valence-electron chi connectivity index (χ0n) is 13.1. The molecule has 0 aliphatic carbocycles. The van der Waals surface area contributed by atoms with Crippen LogP contribution in [0.25, 0.3) is 0 Å². The number of carboxylic acids is 1. The average Bonchev–Trinajstić information content (AvgIpc) is 2.59. The molecule has 7 nitrogen and oxygen atoms in total. The van der Waals surface area contributed by atoms with E-state index >= 15 is 0 Å². The van der Waals surface area contributed by atoms with Gasteiger partial charge in [-0.05, 0) is 37.0 Å². The zero-order valence-corrected chi connectivity index (χ0v) is 13.1. The lowest BCUT2D eigenvalue weighted by Crippen LogP contribution is -2.53. The predicted octanol–water partition coefficient (Wildman–Crippen LogP) is 0.452. The highest BCUT2D eigenvalue weighted by Crippen LogP contribution is 2.23. The zero-order chi connectivity index (χ0) is 16.8. The van der Waals surface area contributed by atoms with Crippen molar-refractivity contribution in [1.29, 1.82) is 0 Å². The van der Waals surface area contributed by atoms with Crippen LogP contribution in [0.15, 0.2) is 24.5 Å². The summed E-state index contributed by atoms with van der Waals surface area (Å²) in [6.45, 7) is 0.159. The van der Waals surface area contributed by atoms with Crippen molar-refractivity contribution in [3.8, 4) is 0 Å². The van der Waals surface area contributed by atoms with Crippen LogP contribution >= 0.6 is 0 Å². The molecule has 1 aromatic heterocycles. The first kappa shape index (κ1) is 16.9. The molecule has 0 spiro atoms. The van der Waals surface area contributed by atoms with Gasteiger partial charge >= 0.3 is 5.97 Å². The van der Waals surface area contributed by atoms with Crippen LogP contribution in [0, 0.1) is 5.92 Å². The number of aryl methyl sites for hydroxylation is 1. The topological polar surface area (TPSA) is 99.6 Å². The van der Waals surface area contributed by atoms with E-state index < -0.39 is 12.0 Å². The van der Waals surface area contributed by atoms with Crippen molar-refractivity contribution in [2.24, 2.45) is 5.92 Å². The molecule has 124 valence electrons. The molecule has 2 atom stereocenters. The number of piperidine rings is 1. The van der Waals surface area contributed by atoms with Crippen molar-refractivity contribution < 1.29 is 19.5 Å². The fourth-order valence-corrected chi connectivity index (χ4v) is 2.87. The maximum absolute atomic E-state index is 12.5. The van der Waals surface area contributed by atoms with Crippen LogP contribution in [0.5, 0.6) is 0 Å². The number of aliphatic carboxylic acids is 1. The monoisotopic (exact) mass is 319 g/mol. The van der Waals surface area contributed by atoms with Gasteiger partial charge in [0.15, 0.2) is 0 Å². The van der Waals surface area contributed by atoms with Crippen LogP contribution in [0.1, 0.15) is 24.8 Å². The van der Waals surface area contributed by atoms with Gasteiger partial charge in [-0.3, -0.25) is 14.6 Å². The van der Waals surface area contributed by atoms with E-state index in [2.05, 4.69) is 10.3 Å². The minimum absolute atomic E-state index is 0.152. The number of hydrogen-bond donors (Lipinski definition) is 2. The third-order valence-corrected chi connectivity index (χ3v) is 4.18. The summed E-state index contributed by atoms with van der Waals surface area (Å²) in [6, 6.07) is 2.80. The van der Waals surface area contributed by atoms with Gasteiger partial charge in [0.05, 0.1) is 5.92 Å². The maximum atomic E-state index is 12.5. The van der Waals surface area contributed by atoms with E-state index in [0.29, 0.717) is 19.3 Å². The number of likely N-dealkylation sites (tertiary alicyclic amines) is 1. The first-order valence-corrected chi connectivity index (χ1v) is 7.65. The molecule has 1 fully saturated rings. The number of hydrogen-bond acceptors (Lipinski definition) is 4. The number of aromatic nitrogens is 1. The Morgan fingerprint density at radius 2 is 2.00 bits per heavy atom. The van der Waals surface area contributed by atoms with E-state index in [1.807, 2.05) is 12.1 Å². The van der Waals surface area contributed by atoms with Crippen LogP contribution < -0.4 is 5.32 Å². The van der Waals surface area contributed by atoms with Gasteiger partial charge < -0.3 is 15.3 Å². The molecule has 2 N–H and O–H groups in total. The molecule has 7 heteroatoms. The predicted molar refractivity (Wildman–Crippen MR) is 82.5 cm³/mol. The van der Waals surface area contributed by atoms with Crippen LogP contribution in [-0.4, -0.2) is 52.4 Å². The molecule has 23 heavy (non-hydrogen) atoms. The molecule has 2 heterocycles. The Bertz CT molecular complexity index is 576.